The molecule has 0 aromatic rings. The van der Waals surface area contributed by atoms with Crippen molar-refractivity contribution in [2.24, 2.45) is 0 Å². The molecule has 0 N–H and O–H groups in total. The molecule has 1 aliphatic rings. The molecule has 1 rings (SSSR count). The lowest BCUT2D eigenvalue weighted by molar-refractivity contribution is 0.199. The van der Waals surface area contributed by atoms with Crippen LogP contribution in [0.3, 0.4) is 0 Å². The second kappa shape index (κ2) is 6.92. The molecular formula is C6H14O2. The van der Waals surface area contributed by atoms with Crippen molar-refractivity contribution in [2.75, 3.05) is 26.9 Å². The Balaban J connectivity index is 0.000000135. The zero-order valence-corrected chi connectivity index (χ0v) is 5.64. The summed E-state index contributed by atoms with van der Waals surface area (Å²) in [5, 5.41) is 0. The second-order valence-electron chi connectivity index (χ2n) is 1.61. The van der Waals surface area contributed by atoms with Crippen LogP contribution in [-0.4, -0.2) is 26.9 Å². The summed E-state index contributed by atoms with van der Waals surface area (Å²) in [6, 6.07) is 0. The van der Waals surface area contributed by atoms with E-state index >= 15 is 0 Å². The highest BCUT2D eigenvalue weighted by Crippen LogP contribution is 1.84. The zero-order valence-electron chi connectivity index (χ0n) is 5.64. The van der Waals surface area contributed by atoms with Gasteiger partial charge in [0, 0.05) is 13.7 Å². The Labute approximate surface area is 50.8 Å². The van der Waals surface area contributed by atoms with Gasteiger partial charge in [-0.15, -0.1) is 0 Å². The first kappa shape index (κ1) is 7.92. The SMILES string of the molecule is C1CO1.CCCOC. The quantitative estimate of drug-likeness (QED) is 0.506. The smallest absolute Gasteiger partial charge is 0.0701 e. The van der Waals surface area contributed by atoms with Crippen molar-refractivity contribution < 1.29 is 9.47 Å². The summed E-state index contributed by atoms with van der Waals surface area (Å²) >= 11 is 0. The number of ether oxygens (including phenoxy) is 2. The summed E-state index contributed by atoms with van der Waals surface area (Å²) in [5.41, 5.74) is 0. The van der Waals surface area contributed by atoms with Gasteiger partial charge in [-0.25, -0.2) is 0 Å². The van der Waals surface area contributed by atoms with Crippen LogP contribution in [0.1, 0.15) is 13.3 Å². The zero-order chi connectivity index (χ0) is 6.24. The molecule has 1 fully saturated rings. The van der Waals surface area contributed by atoms with E-state index in [0.717, 1.165) is 26.2 Å². The summed E-state index contributed by atoms with van der Waals surface area (Å²) in [5.74, 6) is 0. The fraction of sp³-hybridized carbons (Fsp3) is 1.00. The lowest BCUT2D eigenvalue weighted by Gasteiger charge is -1.84. The molecule has 0 saturated carbocycles. The van der Waals surface area contributed by atoms with Crippen molar-refractivity contribution in [1.82, 2.24) is 0 Å². The van der Waals surface area contributed by atoms with Gasteiger partial charge in [0.2, 0.25) is 0 Å². The normalized spacial score (nSPS) is 14.2. The minimum absolute atomic E-state index is 0.889. The van der Waals surface area contributed by atoms with Crippen LogP contribution in [-0.2, 0) is 9.47 Å². The molecule has 0 spiro atoms. The van der Waals surface area contributed by atoms with Crippen molar-refractivity contribution in [3.63, 3.8) is 0 Å². The van der Waals surface area contributed by atoms with Gasteiger partial charge >= 0.3 is 0 Å². The average molecular weight is 118 g/mol. The Morgan fingerprint density at radius 3 is 2.00 bits per heavy atom. The van der Waals surface area contributed by atoms with Gasteiger partial charge in [-0.1, -0.05) is 6.92 Å². The molecule has 0 aliphatic carbocycles. The number of hydrogen-bond donors (Lipinski definition) is 0. The molecule has 1 saturated heterocycles. The average Bonchev–Trinajstić information content (AvgIpc) is 2.50. The Morgan fingerprint density at radius 1 is 1.50 bits per heavy atom. The van der Waals surface area contributed by atoms with E-state index in [9.17, 15) is 0 Å². The van der Waals surface area contributed by atoms with Gasteiger partial charge in [-0.05, 0) is 6.42 Å². The highest BCUT2D eigenvalue weighted by atomic mass is 16.6. The van der Waals surface area contributed by atoms with Crippen LogP contribution >= 0.6 is 0 Å². The Hall–Kier alpha value is -0.0800. The van der Waals surface area contributed by atoms with Crippen LogP contribution in [0.4, 0.5) is 0 Å². The molecule has 1 heterocycles. The molecule has 2 nitrogen and oxygen atoms in total. The van der Waals surface area contributed by atoms with Crippen LogP contribution in [0, 0.1) is 0 Å². The van der Waals surface area contributed by atoms with Gasteiger partial charge < -0.3 is 9.47 Å². The summed E-state index contributed by atoms with van der Waals surface area (Å²) < 4.78 is 9.19. The predicted molar refractivity (Wildman–Crippen MR) is 33.0 cm³/mol. The second-order valence-corrected chi connectivity index (χ2v) is 1.61. The minimum atomic E-state index is 0.889. The third-order valence-electron chi connectivity index (χ3n) is 0.612. The molecule has 8 heavy (non-hydrogen) atoms. The molecule has 1 aliphatic heterocycles. The number of hydrogen-bond acceptors (Lipinski definition) is 2. The van der Waals surface area contributed by atoms with E-state index in [0.29, 0.717) is 0 Å². The molecule has 2 heteroatoms. The van der Waals surface area contributed by atoms with E-state index in [1.54, 1.807) is 7.11 Å². The first-order chi connectivity index (χ1) is 3.91. The predicted octanol–water partition coefficient (Wildman–Crippen LogP) is 1.06. The van der Waals surface area contributed by atoms with Crippen molar-refractivity contribution in [3.05, 3.63) is 0 Å². The van der Waals surface area contributed by atoms with Gasteiger partial charge in [-0.3, -0.25) is 0 Å². The molecule has 0 amide bonds. The molecule has 0 unspecified atom stereocenters. The lowest BCUT2D eigenvalue weighted by Crippen LogP contribution is -1.80. The van der Waals surface area contributed by atoms with E-state index in [-0.39, 0.29) is 0 Å². The number of rotatable bonds is 2. The van der Waals surface area contributed by atoms with E-state index in [1.165, 1.54) is 0 Å². The Bertz CT molecular complexity index is 30.8. The van der Waals surface area contributed by atoms with Crippen LogP contribution in [0.5, 0.6) is 0 Å². The van der Waals surface area contributed by atoms with Crippen molar-refractivity contribution in [3.8, 4) is 0 Å². The molecule has 0 atom stereocenters. The highest BCUT2D eigenvalue weighted by molar-refractivity contribution is 4.36. The maximum absolute atomic E-state index is 4.69. The standard InChI is InChI=1S/C4H10O.C2H4O/c1-3-4-5-2;1-2-3-1/h3-4H2,1-2H3;1-2H2. The molecule has 0 radical (unpaired) electrons. The van der Waals surface area contributed by atoms with Gasteiger partial charge in [0.15, 0.2) is 0 Å². The Morgan fingerprint density at radius 2 is 2.00 bits per heavy atom. The lowest BCUT2D eigenvalue weighted by atomic mass is 10.5. The van der Waals surface area contributed by atoms with Gasteiger partial charge in [0.05, 0.1) is 13.2 Å². The van der Waals surface area contributed by atoms with E-state index in [4.69, 9.17) is 4.74 Å². The topological polar surface area (TPSA) is 21.8 Å². The van der Waals surface area contributed by atoms with Gasteiger partial charge in [0.1, 0.15) is 0 Å². The summed E-state index contributed by atoms with van der Waals surface area (Å²) in [6.45, 7) is 4.98. The highest BCUT2D eigenvalue weighted by Gasteiger charge is 1.94. The van der Waals surface area contributed by atoms with Crippen LogP contribution in [0.25, 0.3) is 0 Å². The van der Waals surface area contributed by atoms with E-state index < -0.39 is 0 Å². The van der Waals surface area contributed by atoms with E-state index in [1.807, 2.05) is 0 Å². The maximum Gasteiger partial charge on any atom is 0.0701 e. The first-order valence-electron chi connectivity index (χ1n) is 2.98. The number of methoxy groups -OCH3 is 1. The molecule has 0 aromatic carbocycles. The van der Waals surface area contributed by atoms with Crippen molar-refractivity contribution in [1.29, 1.82) is 0 Å². The number of epoxide rings is 1. The summed E-state index contributed by atoms with van der Waals surface area (Å²) in [4.78, 5) is 0. The first-order valence-corrected chi connectivity index (χ1v) is 2.98. The van der Waals surface area contributed by atoms with Crippen molar-refractivity contribution >= 4 is 0 Å². The van der Waals surface area contributed by atoms with E-state index in [2.05, 4.69) is 11.7 Å². The molecular weight excluding hydrogens is 104 g/mol. The largest absolute Gasteiger partial charge is 0.385 e. The fourth-order valence-corrected chi connectivity index (χ4v) is 0.204. The minimum Gasteiger partial charge on any atom is -0.385 e. The van der Waals surface area contributed by atoms with Crippen LogP contribution in [0.2, 0.25) is 0 Å². The third-order valence-corrected chi connectivity index (χ3v) is 0.612. The summed E-state index contributed by atoms with van der Waals surface area (Å²) in [7, 11) is 1.71. The van der Waals surface area contributed by atoms with Crippen molar-refractivity contribution in [2.45, 2.75) is 13.3 Å². The van der Waals surface area contributed by atoms with Crippen LogP contribution in [0.15, 0.2) is 0 Å². The van der Waals surface area contributed by atoms with Crippen LogP contribution < -0.4 is 0 Å². The van der Waals surface area contributed by atoms with Gasteiger partial charge in [-0.2, -0.15) is 0 Å². The molecule has 50 valence electrons. The maximum atomic E-state index is 4.69. The summed E-state index contributed by atoms with van der Waals surface area (Å²) in [6.07, 6.45) is 1.12. The fourth-order valence-electron chi connectivity index (χ4n) is 0.204. The molecule has 0 bridgehead atoms. The Kier molecular flexibility index (Phi) is 6.85. The molecule has 0 aromatic heterocycles. The monoisotopic (exact) mass is 118 g/mol. The third kappa shape index (κ3) is 16.8. The van der Waals surface area contributed by atoms with Gasteiger partial charge in [0.25, 0.3) is 0 Å².